The summed E-state index contributed by atoms with van der Waals surface area (Å²) >= 11 is 0. The van der Waals surface area contributed by atoms with E-state index in [4.69, 9.17) is 0 Å². The minimum atomic E-state index is -2.21. The number of carboxylic acid groups (broad SMARTS) is 1. The average Bonchev–Trinajstić information content (AvgIpc) is 3.29. The number of hydrogen-bond acceptors (Lipinski definition) is 5. The maximum atomic E-state index is 13.0. The predicted octanol–water partition coefficient (Wildman–Crippen LogP) is 2.58. The summed E-state index contributed by atoms with van der Waals surface area (Å²) < 4.78 is 2.07. The Morgan fingerprint density at radius 3 is 2.26 bits per heavy atom. The molecule has 0 aromatic heterocycles. The Labute approximate surface area is 251 Å². The highest BCUT2D eigenvalue weighted by atomic mass is 28.3. The number of carboxylic acids is 1. The number of hydrogen-bond donors (Lipinski definition) is 2. The van der Waals surface area contributed by atoms with Gasteiger partial charge >= 0.3 is 5.97 Å². The first-order valence-electron chi connectivity index (χ1n) is 14.0. The number of allylic oxidation sites excluding steroid dienone is 5. The van der Waals surface area contributed by atoms with E-state index in [0.29, 0.717) is 5.56 Å². The second-order valence-electron chi connectivity index (χ2n) is 11.7. The second-order valence-corrected chi connectivity index (χ2v) is 16.1. The fourth-order valence-electron chi connectivity index (χ4n) is 5.79. The molecule has 1 aliphatic carbocycles. The van der Waals surface area contributed by atoms with Gasteiger partial charge in [-0.05, 0) is 63.0 Å². The molecule has 43 heavy (non-hydrogen) atoms. The molecule has 2 aliphatic heterocycles. The summed E-state index contributed by atoms with van der Waals surface area (Å²) in [5, 5.41) is 15.5. The lowest BCUT2D eigenvalue weighted by atomic mass is 9.86. The van der Waals surface area contributed by atoms with Gasteiger partial charge in [0.1, 0.15) is 22.2 Å². The van der Waals surface area contributed by atoms with Gasteiger partial charge in [-0.2, -0.15) is 0 Å². The fraction of sp³-hybridized carbons (Fsp3) is 0.242. The molecule has 5 rings (SSSR count). The summed E-state index contributed by atoms with van der Waals surface area (Å²) in [4.78, 5) is 52.4. The molecule has 3 amide bonds. The third kappa shape index (κ3) is 5.30. The van der Waals surface area contributed by atoms with E-state index >= 15 is 0 Å². The van der Waals surface area contributed by atoms with Crippen LogP contribution in [0.1, 0.15) is 31.8 Å². The van der Waals surface area contributed by atoms with Crippen LogP contribution < -0.4 is 15.4 Å². The zero-order chi connectivity index (χ0) is 31.2. The normalized spacial score (nSPS) is 16.7. The lowest BCUT2D eigenvalue weighted by Crippen LogP contribution is -2.49. The van der Waals surface area contributed by atoms with Crippen molar-refractivity contribution in [2.24, 2.45) is 0 Å². The molecular weight excluding hydrogens is 560 g/mol. The van der Waals surface area contributed by atoms with Crippen molar-refractivity contribution in [2.75, 3.05) is 46.2 Å². The number of anilines is 1. The van der Waals surface area contributed by atoms with E-state index < -0.39 is 31.8 Å². The summed E-state index contributed by atoms with van der Waals surface area (Å²) in [5.74, 6) is -2.49. The average molecular weight is 596 g/mol. The van der Waals surface area contributed by atoms with Crippen molar-refractivity contribution in [3.8, 4) is 0 Å². The van der Waals surface area contributed by atoms with E-state index in [1.54, 1.807) is 12.1 Å². The van der Waals surface area contributed by atoms with Crippen LogP contribution in [0.5, 0.6) is 0 Å². The molecule has 10 heteroatoms. The number of carbonyl (C=O) groups excluding carboxylic acids is 3. The van der Waals surface area contributed by atoms with Crippen LogP contribution in [-0.2, 0) is 9.59 Å². The number of rotatable bonds is 7. The molecule has 2 aromatic rings. The van der Waals surface area contributed by atoms with Crippen LogP contribution >= 0.6 is 0 Å². The molecule has 0 saturated carbocycles. The van der Waals surface area contributed by atoms with Gasteiger partial charge in [0.25, 0.3) is 17.7 Å². The third-order valence-corrected chi connectivity index (χ3v) is 11.7. The number of aromatic carboxylic acids is 1. The molecular formula is C33H35N4O5Si+. The number of benzene rings is 2. The van der Waals surface area contributed by atoms with Gasteiger partial charge in [-0.25, -0.2) is 9.37 Å². The highest BCUT2D eigenvalue weighted by molar-refractivity contribution is 6.98. The van der Waals surface area contributed by atoms with Gasteiger partial charge in [0, 0.05) is 62.7 Å². The van der Waals surface area contributed by atoms with Gasteiger partial charge in [-0.15, -0.1) is 0 Å². The van der Waals surface area contributed by atoms with E-state index in [1.165, 1.54) is 28.6 Å². The number of nitrogens with one attached hydrogen (secondary N) is 1. The summed E-state index contributed by atoms with van der Waals surface area (Å²) in [6, 6.07) is 11.1. The molecule has 0 fully saturated rings. The molecule has 9 nitrogen and oxygen atoms in total. The van der Waals surface area contributed by atoms with Gasteiger partial charge in [0.15, 0.2) is 5.71 Å². The zero-order valence-corrected chi connectivity index (χ0v) is 26.2. The maximum Gasteiger partial charge on any atom is 0.336 e. The van der Waals surface area contributed by atoms with Crippen molar-refractivity contribution in [1.29, 1.82) is 0 Å². The smallest absolute Gasteiger partial charge is 0.336 e. The summed E-state index contributed by atoms with van der Waals surface area (Å²) in [6.45, 7) is 4.72. The molecule has 0 spiro atoms. The molecule has 3 aliphatic rings. The molecule has 0 unspecified atom stereocenters. The highest BCUT2D eigenvalue weighted by Gasteiger charge is 2.41. The van der Waals surface area contributed by atoms with E-state index in [9.17, 15) is 24.3 Å². The predicted molar refractivity (Wildman–Crippen MR) is 170 cm³/mol. The Bertz CT molecular complexity index is 1740. The summed E-state index contributed by atoms with van der Waals surface area (Å²) in [7, 11) is 5.81. The van der Waals surface area contributed by atoms with Crippen LogP contribution in [0.25, 0.3) is 5.57 Å². The first-order chi connectivity index (χ1) is 20.3. The Morgan fingerprint density at radius 1 is 0.953 bits per heavy atom. The molecule has 0 saturated heterocycles. The van der Waals surface area contributed by atoms with Gasteiger partial charge in [0.05, 0.1) is 5.56 Å². The van der Waals surface area contributed by atoms with Crippen molar-refractivity contribution in [2.45, 2.75) is 13.1 Å². The topological polar surface area (TPSA) is 110 Å². The van der Waals surface area contributed by atoms with Gasteiger partial charge < -0.3 is 15.3 Å². The van der Waals surface area contributed by atoms with Crippen LogP contribution in [-0.4, -0.2) is 93.3 Å². The number of fused-ring (bicyclic) bond motifs is 2. The van der Waals surface area contributed by atoms with Gasteiger partial charge in [-0.1, -0.05) is 25.2 Å². The van der Waals surface area contributed by atoms with Crippen LogP contribution in [0.3, 0.4) is 0 Å². The van der Waals surface area contributed by atoms with Crippen LogP contribution in [0.4, 0.5) is 5.69 Å². The lowest BCUT2D eigenvalue weighted by molar-refractivity contribution is -0.462. The summed E-state index contributed by atoms with van der Waals surface area (Å²) in [5.41, 5.74) is 5.70. The van der Waals surface area contributed by atoms with Crippen LogP contribution in [0.15, 0.2) is 77.5 Å². The van der Waals surface area contributed by atoms with Crippen LogP contribution in [0.2, 0.25) is 13.1 Å². The Morgan fingerprint density at radius 2 is 1.63 bits per heavy atom. The lowest BCUT2D eigenvalue weighted by Gasteiger charge is -2.38. The van der Waals surface area contributed by atoms with Gasteiger partial charge in [0.2, 0.25) is 0 Å². The SMILES string of the molecule is CN(C)c1ccc2c(c1)[Si](C)(C)C1=CC(=[N+](C)C)C=CC1=C2c1ccc(C(=O)NCCN2C(=O)C=CC2=O)cc1C(=O)O. The zero-order valence-electron chi connectivity index (χ0n) is 25.2. The quantitative estimate of drug-likeness (QED) is 0.289. The highest BCUT2D eigenvalue weighted by Crippen LogP contribution is 2.42. The van der Waals surface area contributed by atoms with Crippen molar-refractivity contribution in [1.82, 2.24) is 10.2 Å². The monoisotopic (exact) mass is 595 g/mol. The standard InChI is InChI=1S/C33H34N4O5Si/c1-35(2)21-8-11-24-27(18-21)43(5,6)28-19-22(36(3)4)9-12-25(28)31(24)23-10-7-20(17-26(23)33(41)42)32(40)34-15-16-37-29(38)13-14-30(37)39/h7-14,17-19H,15-16H2,1-6H3,(H-,34,40,41,42)/p+1. The van der Waals surface area contributed by atoms with Crippen molar-refractivity contribution < 1.29 is 28.9 Å². The minimum absolute atomic E-state index is 0.0170. The van der Waals surface area contributed by atoms with Crippen molar-refractivity contribution >= 4 is 53.9 Å². The van der Waals surface area contributed by atoms with Crippen molar-refractivity contribution in [3.63, 3.8) is 0 Å². The van der Waals surface area contributed by atoms with E-state index in [2.05, 4.69) is 64.3 Å². The molecule has 2 aromatic carbocycles. The fourth-order valence-corrected chi connectivity index (χ4v) is 8.86. The van der Waals surface area contributed by atoms with E-state index in [0.717, 1.165) is 33.0 Å². The first-order valence-corrected chi connectivity index (χ1v) is 17.0. The van der Waals surface area contributed by atoms with E-state index in [1.807, 2.05) is 28.2 Å². The molecule has 220 valence electrons. The van der Waals surface area contributed by atoms with Crippen molar-refractivity contribution in [3.05, 3.63) is 99.8 Å². The number of nitrogens with zero attached hydrogens (tertiary/aromatic N) is 3. The molecule has 2 heterocycles. The Kier molecular flexibility index (Phi) is 7.66. The van der Waals surface area contributed by atoms with E-state index in [-0.39, 0.29) is 24.2 Å². The second kappa shape index (κ2) is 11.1. The third-order valence-electron chi connectivity index (χ3n) is 8.23. The number of amides is 3. The molecule has 0 bridgehead atoms. The number of carbonyl (C=O) groups is 4. The van der Waals surface area contributed by atoms with Gasteiger partial charge in [-0.3, -0.25) is 19.3 Å². The largest absolute Gasteiger partial charge is 0.478 e. The number of imide groups is 1. The maximum absolute atomic E-state index is 13.0. The molecule has 0 radical (unpaired) electrons. The Balaban J connectivity index is 1.59. The minimum Gasteiger partial charge on any atom is -0.478 e. The molecule has 0 atom stereocenters. The summed E-state index contributed by atoms with van der Waals surface area (Å²) in [6.07, 6.45) is 8.73. The Hall–Kier alpha value is -4.83. The molecule has 2 N–H and O–H groups in total. The first kappa shape index (κ1) is 29.7. The van der Waals surface area contributed by atoms with Crippen LogP contribution in [0, 0.1) is 0 Å².